The predicted octanol–water partition coefficient (Wildman–Crippen LogP) is 2.89. The van der Waals surface area contributed by atoms with Gasteiger partial charge in [-0.25, -0.2) is 0 Å². The van der Waals surface area contributed by atoms with Gasteiger partial charge in [-0.3, -0.25) is 4.99 Å². The molecule has 0 spiro atoms. The first-order valence-corrected chi connectivity index (χ1v) is 6.47. The van der Waals surface area contributed by atoms with Gasteiger partial charge in [-0.05, 0) is 19.3 Å². The Morgan fingerprint density at radius 1 is 1.57 bits per heavy atom. The van der Waals surface area contributed by atoms with Gasteiger partial charge < -0.3 is 5.32 Å². The van der Waals surface area contributed by atoms with Crippen LogP contribution in [0.5, 0.6) is 0 Å². The van der Waals surface area contributed by atoms with Gasteiger partial charge in [-0.2, -0.15) is 0 Å². The molecule has 0 fully saturated rings. The van der Waals surface area contributed by atoms with E-state index in [9.17, 15) is 0 Å². The molecule has 1 aliphatic heterocycles. The maximum atomic E-state index is 4.46. The van der Waals surface area contributed by atoms with Gasteiger partial charge in [0.05, 0.1) is 6.54 Å². The van der Waals surface area contributed by atoms with Gasteiger partial charge in [0.2, 0.25) is 0 Å². The van der Waals surface area contributed by atoms with Crippen LogP contribution in [0, 0.1) is 5.92 Å². The Labute approximate surface area is 92.0 Å². The lowest BCUT2D eigenvalue weighted by molar-refractivity contribution is 0.449. The molecular formula is C11H22N2S. The normalized spacial score (nSPS) is 25.7. The van der Waals surface area contributed by atoms with Crippen molar-refractivity contribution in [2.75, 3.05) is 6.54 Å². The lowest BCUT2D eigenvalue weighted by Crippen LogP contribution is -2.31. The second kappa shape index (κ2) is 5.64. The predicted molar refractivity (Wildman–Crippen MR) is 66.0 cm³/mol. The van der Waals surface area contributed by atoms with Crippen LogP contribution < -0.4 is 5.32 Å². The Bertz CT molecular complexity index is 203. The molecule has 0 saturated carbocycles. The third-order valence-electron chi connectivity index (χ3n) is 2.63. The molecule has 0 aromatic rings. The van der Waals surface area contributed by atoms with E-state index in [1.54, 1.807) is 0 Å². The largest absolute Gasteiger partial charge is 0.362 e. The van der Waals surface area contributed by atoms with E-state index in [0.717, 1.165) is 17.6 Å². The molecule has 0 aromatic heterocycles. The molecule has 82 valence electrons. The van der Waals surface area contributed by atoms with Crippen molar-refractivity contribution >= 4 is 16.9 Å². The lowest BCUT2D eigenvalue weighted by atomic mass is 10.0. The quantitative estimate of drug-likeness (QED) is 0.778. The Hall–Kier alpha value is -0.180. The highest BCUT2D eigenvalue weighted by Crippen LogP contribution is 2.19. The zero-order valence-corrected chi connectivity index (χ0v) is 10.5. The van der Waals surface area contributed by atoms with E-state index in [-0.39, 0.29) is 0 Å². The minimum absolute atomic E-state index is 0.557. The molecule has 0 aliphatic carbocycles. The first-order chi connectivity index (χ1) is 6.61. The van der Waals surface area contributed by atoms with Gasteiger partial charge in [-0.1, -0.05) is 39.0 Å². The van der Waals surface area contributed by atoms with Crippen molar-refractivity contribution in [1.29, 1.82) is 0 Å². The van der Waals surface area contributed by atoms with E-state index in [0.29, 0.717) is 11.3 Å². The summed E-state index contributed by atoms with van der Waals surface area (Å²) in [5, 5.41) is 5.29. The van der Waals surface area contributed by atoms with Crippen LogP contribution in [-0.4, -0.2) is 23.0 Å². The van der Waals surface area contributed by atoms with E-state index in [4.69, 9.17) is 0 Å². The Balaban J connectivity index is 2.23. The number of thioether (sulfide) groups is 1. The molecule has 14 heavy (non-hydrogen) atoms. The molecule has 0 bridgehead atoms. The molecule has 0 radical (unpaired) electrons. The van der Waals surface area contributed by atoms with E-state index in [2.05, 4.69) is 38.0 Å². The number of amidine groups is 1. The van der Waals surface area contributed by atoms with Crippen molar-refractivity contribution in [3.05, 3.63) is 0 Å². The molecule has 0 saturated heterocycles. The zero-order valence-electron chi connectivity index (χ0n) is 9.71. The molecule has 1 rings (SSSR count). The van der Waals surface area contributed by atoms with Crippen LogP contribution in [0.4, 0.5) is 0 Å². The van der Waals surface area contributed by atoms with Gasteiger partial charge in [0.15, 0.2) is 5.17 Å². The third-order valence-corrected chi connectivity index (χ3v) is 3.65. The highest BCUT2D eigenvalue weighted by Gasteiger charge is 2.16. The molecule has 1 aliphatic rings. The molecule has 3 atom stereocenters. The van der Waals surface area contributed by atoms with Gasteiger partial charge in [0.25, 0.3) is 0 Å². The standard InChI is InChI=1S/C11H22N2S/c1-5-8(2)6-9(3)13-11-12-7-10(4)14-11/h8-10H,5-7H2,1-4H3,(H,12,13). The lowest BCUT2D eigenvalue weighted by Gasteiger charge is -2.18. The van der Waals surface area contributed by atoms with Crippen LogP contribution in [-0.2, 0) is 0 Å². The smallest absolute Gasteiger partial charge is 0.157 e. The van der Waals surface area contributed by atoms with E-state index < -0.39 is 0 Å². The zero-order chi connectivity index (χ0) is 10.6. The van der Waals surface area contributed by atoms with Gasteiger partial charge in [-0.15, -0.1) is 0 Å². The summed E-state index contributed by atoms with van der Waals surface area (Å²) in [4.78, 5) is 4.46. The average molecular weight is 214 g/mol. The topological polar surface area (TPSA) is 24.4 Å². The van der Waals surface area contributed by atoms with Crippen LogP contribution in [0.2, 0.25) is 0 Å². The third kappa shape index (κ3) is 3.91. The van der Waals surface area contributed by atoms with Gasteiger partial charge in [0, 0.05) is 11.3 Å². The maximum Gasteiger partial charge on any atom is 0.157 e. The van der Waals surface area contributed by atoms with Crippen LogP contribution >= 0.6 is 11.8 Å². The number of aliphatic imine (C=N–C) groups is 1. The molecule has 0 amide bonds. The fourth-order valence-corrected chi connectivity index (χ4v) is 2.54. The van der Waals surface area contributed by atoms with E-state index in [1.807, 2.05) is 11.8 Å². The first-order valence-electron chi connectivity index (χ1n) is 5.59. The van der Waals surface area contributed by atoms with Crippen molar-refractivity contribution in [3.8, 4) is 0 Å². The molecule has 1 heterocycles. The molecule has 2 nitrogen and oxygen atoms in total. The summed E-state index contributed by atoms with van der Waals surface area (Å²) in [6.45, 7) is 10.0. The second-order valence-corrected chi connectivity index (χ2v) is 5.80. The summed E-state index contributed by atoms with van der Waals surface area (Å²) >= 11 is 1.87. The van der Waals surface area contributed by atoms with Crippen LogP contribution in [0.15, 0.2) is 4.99 Å². The summed E-state index contributed by atoms with van der Waals surface area (Å²) in [5.74, 6) is 0.807. The minimum Gasteiger partial charge on any atom is -0.362 e. The van der Waals surface area contributed by atoms with Crippen molar-refractivity contribution in [3.63, 3.8) is 0 Å². The van der Waals surface area contributed by atoms with Gasteiger partial charge in [0.1, 0.15) is 0 Å². The number of hydrogen-bond donors (Lipinski definition) is 1. The van der Waals surface area contributed by atoms with Crippen LogP contribution in [0.25, 0.3) is 0 Å². The monoisotopic (exact) mass is 214 g/mol. The van der Waals surface area contributed by atoms with Crippen LogP contribution in [0.3, 0.4) is 0 Å². The number of nitrogens with zero attached hydrogens (tertiary/aromatic N) is 1. The summed E-state index contributed by atoms with van der Waals surface area (Å²) < 4.78 is 0. The molecule has 0 aromatic carbocycles. The van der Waals surface area contributed by atoms with E-state index in [1.165, 1.54) is 12.8 Å². The molecule has 3 heteroatoms. The highest BCUT2D eigenvalue weighted by atomic mass is 32.2. The molecule has 3 unspecified atom stereocenters. The second-order valence-electron chi connectivity index (χ2n) is 4.37. The van der Waals surface area contributed by atoms with Gasteiger partial charge >= 0.3 is 0 Å². The minimum atomic E-state index is 0.557. The van der Waals surface area contributed by atoms with Crippen LogP contribution in [0.1, 0.15) is 40.5 Å². The summed E-state index contributed by atoms with van der Waals surface area (Å²) in [7, 11) is 0. The Morgan fingerprint density at radius 3 is 2.79 bits per heavy atom. The Kier molecular flexibility index (Phi) is 4.79. The van der Waals surface area contributed by atoms with Crippen molar-refractivity contribution in [2.45, 2.75) is 51.8 Å². The molecule has 1 N–H and O–H groups in total. The number of hydrogen-bond acceptors (Lipinski definition) is 3. The summed E-state index contributed by atoms with van der Waals surface area (Å²) in [6.07, 6.45) is 2.51. The number of nitrogens with one attached hydrogen (secondary N) is 1. The Morgan fingerprint density at radius 2 is 2.29 bits per heavy atom. The highest BCUT2D eigenvalue weighted by molar-refractivity contribution is 8.14. The van der Waals surface area contributed by atoms with E-state index >= 15 is 0 Å². The molecular weight excluding hydrogens is 192 g/mol. The fraction of sp³-hybridized carbons (Fsp3) is 0.909. The fourth-order valence-electron chi connectivity index (χ4n) is 1.60. The van der Waals surface area contributed by atoms with Crippen molar-refractivity contribution < 1.29 is 0 Å². The van der Waals surface area contributed by atoms with Crippen molar-refractivity contribution in [2.24, 2.45) is 10.9 Å². The SMILES string of the molecule is CCC(C)CC(C)NC1=NCC(C)S1. The maximum absolute atomic E-state index is 4.46. The van der Waals surface area contributed by atoms with Crippen molar-refractivity contribution in [1.82, 2.24) is 5.32 Å². The summed E-state index contributed by atoms with van der Waals surface area (Å²) in [6, 6.07) is 0.557. The number of rotatable bonds is 4. The summed E-state index contributed by atoms with van der Waals surface area (Å²) in [5.41, 5.74) is 0. The first kappa shape index (κ1) is 11.9. The average Bonchev–Trinajstić information content (AvgIpc) is 2.50.